The lowest BCUT2D eigenvalue weighted by atomic mass is 10.2. The maximum Gasteiger partial charge on any atom is 0.119 e. The third kappa shape index (κ3) is 3.80. The summed E-state index contributed by atoms with van der Waals surface area (Å²) in [4.78, 5) is 0. The largest absolute Gasteiger partial charge is 0.508 e. The zero-order chi connectivity index (χ0) is 9.90. The van der Waals surface area contributed by atoms with Crippen LogP contribution in [0.25, 0.3) is 0 Å². The summed E-state index contributed by atoms with van der Waals surface area (Å²) in [5.74, 6) is 0.843. The predicted octanol–water partition coefficient (Wildman–Crippen LogP) is 1.54. The fourth-order valence-corrected chi connectivity index (χ4v) is 0.802. The van der Waals surface area contributed by atoms with Gasteiger partial charge in [-0.1, -0.05) is 0 Å². The molecule has 3 heteroatoms. The van der Waals surface area contributed by atoms with Gasteiger partial charge in [0.05, 0.1) is 5.60 Å². The number of hydrogen-bond donors (Lipinski definition) is 2. The summed E-state index contributed by atoms with van der Waals surface area (Å²) in [5.41, 5.74) is -0.835. The molecule has 1 rings (SSSR count). The van der Waals surface area contributed by atoms with Crippen molar-refractivity contribution in [2.24, 2.45) is 0 Å². The summed E-state index contributed by atoms with van der Waals surface area (Å²) in [5, 5.41) is 18.3. The first-order valence-corrected chi connectivity index (χ1v) is 4.11. The predicted molar refractivity (Wildman–Crippen MR) is 49.9 cm³/mol. The van der Waals surface area contributed by atoms with Gasteiger partial charge in [-0.2, -0.15) is 0 Å². The lowest BCUT2D eigenvalue weighted by Crippen LogP contribution is -2.27. The van der Waals surface area contributed by atoms with Gasteiger partial charge in [0.2, 0.25) is 0 Å². The monoisotopic (exact) mass is 182 g/mol. The minimum Gasteiger partial charge on any atom is -0.508 e. The highest BCUT2D eigenvalue weighted by Gasteiger charge is 2.12. The zero-order valence-corrected chi connectivity index (χ0v) is 7.82. The summed E-state index contributed by atoms with van der Waals surface area (Å²) in [6.07, 6.45) is 0. The van der Waals surface area contributed by atoms with E-state index < -0.39 is 5.60 Å². The Morgan fingerprint density at radius 1 is 1.23 bits per heavy atom. The molecule has 0 amide bonds. The van der Waals surface area contributed by atoms with Gasteiger partial charge in [-0.3, -0.25) is 0 Å². The Morgan fingerprint density at radius 2 is 1.77 bits per heavy atom. The molecule has 0 atom stereocenters. The molecule has 0 aliphatic rings. The van der Waals surface area contributed by atoms with Gasteiger partial charge in [0.1, 0.15) is 18.1 Å². The standard InChI is InChI=1S/C10H14O3/c1-10(2,12)7-13-9-5-3-8(11)4-6-9/h3-6,11-12H,7H2,1-2H3. The molecule has 3 nitrogen and oxygen atoms in total. The molecule has 0 spiro atoms. The van der Waals surface area contributed by atoms with Crippen LogP contribution in [0.15, 0.2) is 24.3 Å². The molecule has 13 heavy (non-hydrogen) atoms. The smallest absolute Gasteiger partial charge is 0.119 e. The van der Waals surface area contributed by atoms with Crippen LogP contribution in [0.4, 0.5) is 0 Å². The van der Waals surface area contributed by atoms with E-state index in [1.165, 1.54) is 0 Å². The van der Waals surface area contributed by atoms with E-state index in [0.29, 0.717) is 5.75 Å². The van der Waals surface area contributed by atoms with Gasteiger partial charge in [-0.15, -0.1) is 0 Å². The van der Waals surface area contributed by atoms with Gasteiger partial charge in [0.15, 0.2) is 0 Å². The summed E-state index contributed by atoms with van der Waals surface area (Å²) in [6.45, 7) is 3.58. The first kappa shape index (κ1) is 9.86. The molecule has 0 heterocycles. The minimum atomic E-state index is -0.835. The van der Waals surface area contributed by atoms with E-state index >= 15 is 0 Å². The van der Waals surface area contributed by atoms with Crippen molar-refractivity contribution in [2.45, 2.75) is 19.4 Å². The average Bonchev–Trinajstić information content (AvgIpc) is 2.02. The van der Waals surface area contributed by atoms with E-state index in [9.17, 15) is 5.11 Å². The zero-order valence-electron chi connectivity index (χ0n) is 7.82. The maximum atomic E-state index is 9.36. The molecule has 1 aromatic rings. The lowest BCUT2D eigenvalue weighted by Gasteiger charge is -2.17. The quantitative estimate of drug-likeness (QED) is 0.745. The van der Waals surface area contributed by atoms with Crippen LogP contribution in [0.1, 0.15) is 13.8 Å². The van der Waals surface area contributed by atoms with E-state index in [2.05, 4.69) is 0 Å². The normalized spacial score (nSPS) is 11.3. The first-order chi connectivity index (χ1) is 5.97. The van der Waals surface area contributed by atoms with Crippen LogP contribution >= 0.6 is 0 Å². The van der Waals surface area contributed by atoms with Crippen LogP contribution in [0.2, 0.25) is 0 Å². The second kappa shape index (κ2) is 3.66. The number of phenols is 1. The molecule has 0 radical (unpaired) electrons. The molecule has 2 N–H and O–H groups in total. The van der Waals surface area contributed by atoms with Crippen molar-refractivity contribution in [2.75, 3.05) is 6.61 Å². The molecule has 72 valence electrons. The Labute approximate surface area is 77.6 Å². The Bertz CT molecular complexity index is 258. The molecule has 1 aromatic carbocycles. The number of phenolic OH excluding ortho intramolecular Hbond substituents is 1. The fourth-order valence-electron chi connectivity index (χ4n) is 0.802. The van der Waals surface area contributed by atoms with Crippen LogP contribution in [-0.2, 0) is 0 Å². The van der Waals surface area contributed by atoms with Gasteiger partial charge in [0.25, 0.3) is 0 Å². The lowest BCUT2D eigenvalue weighted by molar-refractivity contribution is 0.0285. The van der Waals surface area contributed by atoms with Gasteiger partial charge >= 0.3 is 0 Å². The van der Waals surface area contributed by atoms with E-state index in [1.54, 1.807) is 38.1 Å². The van der Waals surface area contributed by atoms with E-state index in [-0.39, 0.29) is 12.4 Å². The second-order valence-electron chi connectivity index (χ2n) is 3.60. The third-order valence-corrected chi connectivity index (χ3v) is 1.43. The molecule has 0 saturated carbocycles. The van der Waals surface area contributed by atoms with Gasteiger partial charge < -0.3 is 14.9 Å². The molecule has 0 unspecified atom stereocenters. The van der Waals surface area contributed by atoms with Crippen LogP contribution in [-0.4, -0.2) is 22.4 Å². The van der Waals surface area contributed by atoms with Crippen molar-refractivity contribution in [3.63, 3.8) is 0 Å². The number of rotatable bonds is 3. The van der Waals surface area contributed by atoms with Crippen molar-refractivity contribution in [1.82, 2.24) is 0 Å². The van der Waals surface area contributed by atoms with E-state index in [0.717, 1.165) is 0 Å². The Kier molecular flexibility index (Phi) is 2.78. The number of aliphatic hydroxyl groups is 1. The van der Waals surface area contributed by atoms with Gasteiger partial charge in [0, 0.05) is 0 Å². The SMILES string of the molecule is CC(C)(O)COc1ccc(O)cc1. The highest BCUT2D eigenvalue weighted by molar-refractivity contribution is 5.30. The number of aromatic hydroxyl groups is 1. The molecular formula is C10H14O3. The molecule has 0 aliphatic heterocycles. The van der Waals surface area contributed by atoms with E-state index in [1.807, 2.05) is 0 Å². The molecule has 0 aromatic heterocycles. The highest BCUT2D eigenvalue weighted by atomic mass is 16.5. The van der Waals surface area contributed by atoms with Crippen molar-refractivity contribution >= 4 is 0 Å². The van der Waals surface area contributed by atoms with Crippen molar-refractivity contribution in [1.29, 1.82) is 0 Å². The van der Waals surface area contributed by atoms with Crippen molar-refractivity contribution < 1.29 is 14.9 Å². The molecular weight excluding hydrogens is 168 g/mol. The topological polar surface area (TPSA) is 49.7 Å². The van der Waals surface area contributed by atoms with Gasteiger partial charge in [-0.25, -0.2) is 0 Å². The van der Waals surface area contributed by atoms with Crippen LogP contribution < -0.4 is 4.74 Å². The number of hydrogen-bond acceptors (Lipinski definition) is 3. The second-order valence-corrected chi connectivity index (χ2v) is 3.60. The number of ether oxygens (including phenoxy) is 1. The molecule has 0 bridgehead atoms. The Balaban J connectivity index is 2.51. The summed E-state index contributed by atoms with van der Waals surface area (Å²) in [7, 11) is 0. The summed E-state index contributed by atoms with van der Waals surface area (Å²) >= 11 is 0. The molecule has 0 fully saturated rings. The Morgan fingerprint density at radius 3 is 2.23 bits per heavy atom. The van der Waals surface area contributed by atoms with Crippen LogP contribution in [0.3, 0.4) is 0 Å². The maximum absolute atomic E-state index is 9.36. The highest BCUT2D eigenvalue weighted by Crippen LogP contribution is 2.17. The fraction of sp³-hybridized carbons (Fsp3) is 0.400. The van der Waals surface area contributed by atoms with Crippen molar-refractivity contribution in [3.8, 4) is 11.5 Å². The first-order valence-electron chi connectivity index (χ1n) is 4.11. The average molecular weight is 182 g/mol. The summed E-state index contributed by atoms with van der Waals surface area (Å²) < 4.78 is 5.26. The molecule has 0 aliphatic carbocycles. The van der Waals surface area contributed by atoms with Crippen molar-refractivity contribution in [3.05, 3.63) is 24.3 Å². The molecule has 0 saturated heterocycles. The van der Waals surface area contributed by atoms with E-state index in [4.69, 9.17) is 9.84 Å². The Hall–Kier alpha value is -1.22. The van der Waals surface area contributed by atoms with Crippen LogP contribution in [0.5, 0.6) is 11.5 Å². The third-order valence-electron chi connectivity index (χ3n) is 1.43. The number of benzene rings is 1. The van der Waals surface area contributed by atoms with Crippen LogP contribution in [0, 0.1) is 0 Å². The minimum absolute atomic E-state index is 0.204. The van der Waals surface area contributed by atoms with Gasteiger partial charge in [-0.05, 0) is 38.1 Å². The summed E-state index contributed by atoms with van der Waals surface area (Å²) in [6, 6.07) is 6.39.